The maximum atomic E-state index is 5.08. The monoisotopic (exact) mass is 172 g/mol. The smallest absolute Gasteiger partial charge is 0.146 e. The second kappa shape index (κ2) is 6.05. The van der Waals surface area contributed by atoms with E-state index in [9.17, 15) is 0 Å². The summed E-state index contributed by atoms with van der Waals surface area (Å²) in [5, 5.41) is 0. The predicted octanol–water partition coefficient (Wildman–Crippen LogP) is 3.55. The zero-order valence-electron chi connectivity index (χ0n) is 7.10. The minimum absolute atomic E-state index is 0.683. The molecule has 1 aromatic carbocycles. The van der Waals surface area contributed by atoms with Crippen LogP contribution in [0.4, 0.5) is 0 Å². The molecule has 0 fully saturated rings. The summed E-state index contributed by atoms with van der Waals surface area (Å²) in [7, 11) is 0. The van der Waals surface area contributed by atoms with Crippen molar-refractivity contribution in [2.24, 2.45) is 0 Å². The van der Waals surface area contributed by atoms with Crippen LogP contribution in [0.15, 0.2) is 24.3 Å². The van der Waals surface area contributed by atoms with E-state index in [1.807, 2.05) is 45.0 Å². The van der Waals surface area contributed by atoms with Crippen LogP contribution >= 0.6 is 11.9 Å². The van der Waals surface area contributed by atoms with E-state index >= 15 is 0 Å². The molecule has 0 N–H and O–H groups in total. The molecule has 0 aliphatic heterocycles. The molecule has 0 saturated carbocycles. The minimum atomic E-state index is 0.683. The zero-order chi connectivity index (χ0) is 8.69. The van der Waals surface area contributed by atoms with Gasteiger partial charge in [0.2, 0.25) is 0 Å². The molecule has 62 valence electrons. The van der Waals surface area contributed by atoms with E-state index < -0.39 is 0 Å². The average molecular weight is 173 g/mol. The zero-order valence-corrected chi connectivity index (χ0v) is 7.85. The lowest BCUT2D eigenvalue weighted by atomic mass is 10.2. The van der Waals surface area contributed by atoms with Crippen molar-refractivity contribution in [1.29, 1.82) is 0 Å². The van der Waals surface area contributed by atoms with Crippen molar-refractivity contribution in [3.63, 3.8) is 0 Å². The molecule has 0 aliphatic rings. The van der Waals surface area contributed by atoms with Crippen molar-refractivity contribution in [1.82, 2.24) is 0 Å². The van der Waals surface area contributed by atoms with Gasteiger partial charge < -0.3 is 4.29 Å². The molecule has 0 bridgehead atoms. The highest BCUT2D eigenvalue weighted by Gasteiger charge is 1.87. The van der Waals surface area contributed by atoms with E-state index in [0.717, 1.165) is 0 Å². The van der Waals surface area contributed by atoms with Crippen molar-refractivity contribution in [3.8, 4) is 5.75 Å². The van der Waals surface area contributed by atoms with Crippen LogP contribution < -0.4 is 4.29 Å². The Hall–Kier alpha value is -0.690. The van der Waals surface area contributed by atoms with Gasteiger partial charge in [-0.15, -0.1) is 0 Å². The van der Waals surface area contributed by atoms with Gasteiger partial charge in [-0.1, -0.05) is 31.5 Å². The van der Waals surface area contributed by atoms with Gasteiger partial charge >= 0.3 is 0 Å². The fourth-order valence-corrected chi connectivity index (χ4v) is 0.693. The Morgan fingerprint density at radius 2 is 1.55 bits per heavy atom. The molecule has 2 heteroatoms. The Morgan fingerprint density at radius 1 is 1.09 bits per heavy atom. The lowest BCUT2D eigenvalue weighted by Gasteiger charge is -1.93. The first-order valence-corrected chi connectivity index (χ1v) is 3.99. The molecule has 0 aromatic heterocycles. The van der Waals surface area contributed by atoms with Crippen molar-refractivity contribution in [2.45, 2.75) is 20.8 Å². The number of benzene rings is 1. The topological polar surface area (TPSA) is 9.23 Å². The van der Waals surface area contributed by atoms with Crippen LogP contribution in [0.1, 0.15) is 19.4 Å². The third kappa shape index (κ3) is 3.89. The van der Waals surface area contributed by atoms with Crippen LogP contribution in [-0.2, 0) is 0 Å². The van der Waals surface area contributed by atoms with Crippen LogP contribution in [0, 0.1) is 6.92 Å². The fraction of sp³-hybridized carbons (Fsp3) is 0.333. The molecule has 1 aromatic rings. The molecule has 0 spiro atoms. The molecule has 0 unspecified atom stereocenters. The lowest BCUT2D eigenvalue weighted by molar-refractivity contribution is 0.619. The summed E-state index contributed by atoms with van der Waals surface area (Å²) in [6, 6.07) is 7.53. The molecule has 0 saturated heterocycles. The Labute approximate surface area is 73.1 Å². The van der Waals surface area contributed by atoms with E-state index in [4.69, 9.17) is 11.9 Å². The molecular weight excluding hydrogens is 160 g/mol. The third-order valence-corrected chi connectivity index (χ3v) is 1.29. The van der Waals surface area contributed by atoms with Crippen LogP contribution in [0.3, 0.4) is 0 Å². The maximum Gasteiger partial charge on any atom is 0.146 e. The molecule has 0 radical (unpaired) electrons. The highest BCUT2D eigenvalue weighted by molar-refractivity contribution is 6.09. The van der Waals surface area contributed by atoms with Crippen LogP contribution in [0.5, 0.6) is 5.75 Å². The summed E-state index contributed by atoms with van der Waals surface area (Å²) in [5.74, 6) is 0.683. The van der Waals surface area contributed by atoms with Crippen LogP contribution in [-0.4, -0.2) is 0 Å². The van der Waals surface area contributed by atoms with Gasteiger partial charge in [0.1, 0.15) is 17.6 Å². The molecule has 0 amide bonds. The first kappa shape index (κ1) is 10.3. The van der Waals surface area contributed by atoms with E-state index in [1.165, 1.54) is 5.56 Å². The predicted molar refractivity (Wildman–Crippen MR) is 49.0 cm³/mol. The van der Waals surface area contributed by atoms with Crippen LogP contribution in [0.25, 0.3) is 0 Å². The number of hydrogen-bond acceptors (Lipinski definition) is 1. The SMILES string of the molecule is CC.Cc1ccc(OCl)cc1. The van der Waals surface area contributed by atoms with Crippen molar-refractivity contribution in [3.05, 3.63) is 29.8 Å². The normalized spacial score (nSPS) is 8.00. The van der Waals surface area contributed by atoms with E-state index in [2.05, 4.69) is 4.29 Å². The fourth-order valence-electron chi connectivity index (χ4n) is 0.590. The van der Waals surface area contributed by atoms with Gasteiger partial charge in [-0.05, 0) is 19.1 Å². The Balaban J connectivity index is 0.000000461. The summed E-state index contributed by atoms with van der Waals surface area (Å²) in [5.41, 5.74) is 1.20. The number of halogens is 1. The number of hydrogen-bond donors (Lipinski definition) is 0. The van der Waals surface area contributed by atoms with E-state index in [-0.39, 0.29) is 0 Å². The van der Waals surface area contributed by atoms with E-state index in [1.54, 1.807) is 0 Å². The molecule has 1 rings (SSSR count). The first-order chi connectivity index (χ1) is 5.33. The van der Waals surface area contributed by atoms with Crippen molar-refractivity contribution < 1.29 is 4.29 Å². The van der Waals surface area contributed by atoms with Crippen molar-refractivity contribution in [2.75, 3.05) is 0 Å². The summed E-state index contributed by atoms with van der Waals surface area (Å²) < 4.78 is 4.44. The van der Waals surface area contributed by atoms with Gasteiger partial charge in [-0.2, -0.15) is 0 Å². The highest BCUT2D eigenvalue weighted by atomic mass is 35.5. The van der Waals surface area contributed by atoms with Gasteiger partial charge in [0, 0.05) is 0 Å². The molecule has 0 heterocycles. The lowest BCUT2D eigenvalue weighted by Crippen LogP contribution is -1.73. The van der Waals surface area contributed by atoms with Gasteiger partial charge in [0.05, 0.1) is 0 Å². The van der Waals surface area contributed by atoms with Crippen LogP contribution in [0.2, 0.25) is 0 Å². The van der Waals surface area contributed by atoms with Gasteiger partial charge in [-0.25, -0.2) is 0 Å². The van der Waals surface area contributed by atoms with Gasteiger partial charge in [-0.3, -0.25) is 0 Å². The van der Waals surface area contributed by atoms with Gasteiger partial charge in [0.15, 0.2) is 0 Å². The Kier molecular flexibility index (Phi) is 5.67. The second-order valence-corrected chi connectivity index (χ2v) is 2.04. The standard InChI is InChI=1S/C7H7ClO.C2H6/c1-6-2-4-7(9-8)5-3-6;1-2/h2-5H,1H3;1-2H3. The molecule has 11 heavy (non-hydrogen) atoms. The molecule has 1 nitrogen and oxygen atoms in total. The molecule has 0 atom stereocenters. The average Bonchev–Trinajstić information content (AvgIpc) is 2.10. The minimum Gasteiger partial charge on any atom is -0.386 e. The molecular formula is C9H13ClO. The maximum absolute atomic E-state index is 5.08. The summed E-state index contributed by atoms with van der Waals surface area (Å²) in [6.07, 6.45) is 0. The summed E-state index contributed by atoms with van der Waals surface area (Å²) >= 11 is 5.08. The first-order valence-electron chi connectivity index (χ1n) is 3.68. The van der Waals surface area contributed by atoms with Crippen molar-refractivity contribution >= 4 is 11.9 Å². The number of aryl methyl sites for hydroxylation is 1. The summed E-state index contributed by atoms with van der Waals surface area (Å²) in [6.45, 7) is 6.01. The molecule has 0 aliphatic carbocycles. The Bertz CT molecular complexity index is 181. The largest absolute Gasteiger partial charge is 0.386 e. The van der Waals surface area contributed by atoms with E-state index in [0.29, 0.717) is 5.75 Å². The quantitative estimate of drug-likeness (QED) is 0.630. The third-order valence-electron chi connectivity index (χ3n) is 1.11. The second-order valence-electron chi connectivity index (χ2n) is 1.89. The highest BCUT2D eigenvalue weighted by Crippen LogP contribution is 2.11. The summed E-state index contributed by atoms with van der Waals surface area (Å²) in [4.78, 5) is 0. The Morgan fingerprint density at radius 3 is 1.91 bits per heavy atom. The van der Waals surface area contributed by atoms with Gasteiger partial charge in [0.25, 0.3) is 0 Å². The number of rotatable bonds is 1.